The number of pyridine rings is 1. The average Bonchev–Trinajstić information content (AvgIpc) is 2.41. The van der Waals surface area contributed by atoms with Crippen LogP contribution < -0.4 is 11.1 Å². The molecule has 0 bridgehead atoms. The van der Waals surface area contributed by atoms with Crippen molar-refractivity contribution in [2.75, 3.05) is 11.1 Å². The van der Waals surface area contributed by atoms with Crippen LogP contribution in [0.15, 0.2) is 12.3 Å². The van der Waals surface area contributed by atoms with Gasteiger partial charge in [-0.1, -0.05) is 26.2 Å². The Balaban J connectivity index is 2.07. The van der Waals surface area contributed by atoms with Crippen molar-refractivity contribution in [2.45, 2.75) is 58.4 Å². The summed E-state index contributed by atoms with van der Waals surface area (Å²) in [6.45, 7) is 4.28. The minimum absolute atomic E-state index is 0.516. The summed E-state index contributed by atoms with van der Waals surface area (Å²) in [5.41, 5.74) is 7.99. The van der Waals surface area contributed by atoms with Gasteiger partial charge < -0.3 is 11.1 Å². The van der Waals surface area contributed by atoms with E-state index >= 15 is 0 Å². The summed E-state index contributed by atoms with van der Waals surface area (Å²) in [5.74, 6) is 1.65. The molecule has 100 valence electrons. The predicted octanol–water partition coefficient (Wildman–Crippen LogP) is 3.74. The van der Waals surface area contributed by atoms with Crippen LogP contribution in [0, 0.1) is 12.8 Å². The van der Waals surface area contributed by atoms with Gasteiger partial charge in [-0.3, -0.25) is 0 Å². The van der Waals surface area contributed by atoms with Crippen molar-refractivity contribution < 1.29 is 0 Å². The van der Waals surface area contributed by atoms with Crippen molar-refractivity contribution >= 4 is 11.5 Å². The fourth-order valence-electron chi connectivity index (χ4n) is 2.95. The zero-order chi connectivity index (χ0) is 13.0. The Morgan fingerprint density at radius 1 is 1.39 bits per heavy atom. The van der Waals surface area contributed by atoms with E-state index in [1.165, 1.54) is 32.1 Å². The average molecular weight is 247 g/mol. The Kier molecular flexibility index (Phi) is 4.45. The number of hydrogen-bond donors (Lipinski definition) is 2. The van der Waals surface area contributed by atoms with Gasteiger partial charge in [0.1, 0.15) is 5.82 Å². The van der Waals surface area contributed by atoms with Crippen molar-refractivity contribution in [1.29, 1.82) is 0 Å². The third-order valence-corrected chi connectivity index (χ3v) is 4.19. The number of aromatic nitrogens is 1. The van der Waals surface area contributed by atoms with Gasteiger partial charge in [0.25, 0.3) is 0 Å². The summed E-state index contributed by atoms with van der Waals surface area (Å²) in [7, 11) is 0. The third kappa shape index (κ3) is 2.95. The second-order valence-corrected chi connectivity index (χ2v) is 5.45. The summed E-state index contributed by atoms with van der Waals surface area (Å²) in [5, 5.41) is 3.57. The van der Waals surface area contributed by atoms with Gasteiger partial charge in [-0.2, -0.15) is 0 Å². The van der Waals surface area contributed by atoms with Gasteiger partial charge in [-0.05, 0) is 43.7 Å². The molecule has 1 aromatic rings. The van der Waals surface area contributed by atoms with Gasteiger partial charge >= 0.3 is 0 Å². The maximum Gasteiger partial charge on any atom is 0.149 e. The lowest BCUT2D eigenvalue weighted by Gasteiger charge is -2.31. The number of nitrogens with zero attached hydrogens (tertiary/aromatic N) is 1. The molecule has 1 aliphatic rings. The molecule has 1 heterocycles. The SMILES string of the molecule is CCC(Nc1nccc(C)c1N)C1CCCCC1. The summed E-state index contributed by atoms with van der Waals surface area (Å²) >= 11 is 0. The van der Waals surface area contributed by atoms with E-state index in [1.54, 1.807) is 0 Å². The number of anilines is 2. The highest BCUT2D eigenvalue weighted by molar-refractivity contribution is 5.65. The van der Waals surface area contributed by atoms with Gasteiger partial charge in [-0.15, -0.1) is 0 Å². The van der Waals surface area contributed by atoms with Crippen LogP contribution in [-0.4, -0.2) is 11.0 Å². The molecule has 1 aliphatic carbocycles. The standard InChI is InChI=1S/C15H25N3/c1-3-13(12-7-5-4-6-8-12)18-15-14(16)11(2)9-10-17-15/h9-10,12-13H,3-8,16H2,1-2H3,(H,17,18). The number of hydrogen-bond acceptors (Lipinski definition) is 3. The Hall–Kier alpha value is -1.25. The topological polar surface area (TPSA) is 50.9 Å². The molecule has 0 aromatic carbocycles. The summed E-state index contributed by atoms with van der Waals surface area (Å²) in [4.78, 5) is 4.39. The first-order valence-corrected chi connectivity index (χ1v) is 7.20. The first kappa shape index (κ1) is 13.2. The molecule has 18 heavy (non-hydrogen) atoms. The van der Waals surface area contributed by atoms with Gasteiger partial charge in [-0.25, -0.2) is 4.98 Å². The van der Waals surface area contributed by atoms with Gasteiger partial charge in [0.05, 0.1) is 5.69 Å². The zero-order valence-corrected chi connectivity index (χ0v) is 11.6. The van der Waals surface area contributed by atoms with Crippen LogP contribution in [0.2, 0.25) is 0 Å². The Labute approximate surface area is 110 Å². The Morgan fingerprint density at radius 3 is 2.78 bits per heavy atom. The van der Waals surface area contributed by atoms with E-state index in [9.17, 15) is 0 Å². The molecule has 2 rings (SSSR count). The highest BCUT2D eigenvalue weighted by Crippen LogP contribution is 2.30. The number of nitrogen functional groups attached to an aromatic ring is 1. The molecule has 1 saturated carbocycles. The lowest BCUT2D eigenvalue weighted by molar-refractivity contribution is 0.312. The number of aryl methyl sites for hydroxylation is 1. The summed E-state index contributed by atoms with van der Waals surface area (Å²) < 4.78 is 0. The molecule has 0 radical (unpaired) electrons. The van der Waals surface area contributed by atoms with E-state index in [1.807, 2.05) is 19.2 Å². The zero-order valence-electron chi connectivity index (χ0n) is 11.6. The molecule has 3 N–H and O–H groups in total. The van der Waals surface area contributed by atoms with Crippen LogP contribution in [0.4, 0.5) is 11.5 Å². The predicted molar refractivity (Wildman–Crippen MR) is 77.7 cm³/mol. The van der Waals surface area contributed by atoms with E-state index in [0.29, 0.717) is 6.04 Å². The van der Waals surface area contributed by atoms with Gasteiger partial charge in [0, 0.05) is 12.2 Å². The van der Waals surface area contributed by atoms with Crippen LogP contribution in [0.3, 0.4) is 0 Å². The van der Waals surface area contributed by atoms with Crippen molar-refractivity contribution in [3.05, 3.63) is 17.8 Å². The molecule has 0 amide bonds. The molecule has 3 nitrogen and oxygen atoms in total. The van der Waals surface area contributed by atoms with E-state index in [4.69, 9.17) is 5.73 Å². The fraction of sp³-hybridized carbons (Fsp3) is 0.667. The van der Waals surface area contributed by atoms with Gasteiger partial charge in [0.15, 0.2) is 0 Å². The first-order valence-electron chi connectivity index (χ1n) is 7.20. The second-order valence-electron chi connectivity index (χ2n) is 5.45. The third-order valence-electron chi connectivity index (χ3n) is 4.19. The van der Waals surface area contributed by atoms with Crippen LogP contribution in [-0.2, 0) is 0 Å². The van der Waals surface area contributed by atoms with E-state index < -0.39 is 0 Å². The van der Waals surface area contributed by atoms with E-state index in [0.717, 1.165) is 29.4 Å². The molecule has 1 fully saturated rings. The van der Waals surface area contributed by atoms with Crippen LogP contribution in [0.1, 0.15) is 51.0 Å². The highest BCUT2D eigenvalue weighted by atomic mass is 15.0. The maximum atomic E-state index is 6.09. The summed E-state index contributed by atoms with van der Waals surface area (Å²) in [6, 6.07) is 2.48. The molecule has 0 spiro atoms. The monoisotopic (exact) mass is 247 g/mol. The van der Waals surface area contributed by atoms with Crippen LogP contribution in [0.5, 0.6) is 0 Å². The number of nitrogens with two attached hydrogens (primary N) is 1. The highest BCUT2D eigenvalue weighted by Gasteiger charge is 2.23. The molecular formula is C15H25N3. The van der Waals surface area contributed by atoms with E-state index in [-0.39, 0.29) is 0 Å². The lowest BCUT2D eigenvalue weighted by atomic mass is 9.83. The molecular weight excluding hydrogens is 222 g/mol. The normalized spacial score (nSPS) is 18.6. The molecule has 3 heteroatoms. The molecule has 1 aromatic heterocycles. The number of nitrogens with one attached hydrogen (secondary N) is 1. The molecule has 0 saturated heterocycles. The van der Waals surface area contributed by atoms with Crippen molar-refractivity contribution in [2.24, 2.45) is 5.92 Å². The van der Waals surface area contributed by atoms with Gasteiger partial charge in [0.2, 0.25) is 0 Å². The summed E-state index contributed by atoms with van der Waals surface area (Å²) in [6.07, 6.45) is 9.81. The van der Waals surface area contributed by atoms with Crippen LogP contribution in [0.25, 0.3) is 0 Å². The molecule has 1 atom stereocenters. The minimum Gasteiger partial charge on any atom is -0.396 e. The largest absolute Gasteiger partial charge is 0.396 e. The molecule has 1 unspecified atom stereocenters. The first-order chi connectivity index (χ1) is 8.72. The van der Waals surface area contributed by atoms with Crippen molar-refractivity contribution in [1.82, 2.24) is 4.98 Å². The smallest absolute Gasteiger partial charge is 0.149 e. The minimum atomic E-state index is 0.516. The maximum absolute atomic E-state index is 6.09. The van der Waals surface area contributed by atoms with Crippen molar-refractivity contribution in [3.8, 4) is 0 Å². The van der Waals surface area contributed by atoms with E-state index in [2.05, 4.69) is 17.2 Å². The Morgan fingerprint density at radius 2 is 2.11 bits per heavy atom. The number of rotatable bonds is 4. The Bertz CT molecular complexity index is 383. The second kappa shape index (κ2) is 6.07. The lowest BCUT2D eigenvalue weighted by Crippen LogP contribution is -2.30. The fourth-order valence-corrected chi connectivity index (χ4v) is 2.95. The molecule has 0 aliphatic heterocycles. The quantitative estimate of drug-likeness (QED) is 0.852. The van der Waals surface area contributed by atoms with Crippen molar-refractivity contribution in [3.63, 3.8) is 0 Å². The van der Waals surface area contributed by atoms with Crippen LogP contribution >= 0.6 is 0 Å².